The first kappa shape index (κ1) is 10.3. The molecule has 0 spiro atoms. The van der Waals surface area contributed by atoms with E-state index in [1.165, 1.54) is 0 Å². The second-order valence-corrected chi connectivity index (χ2v) is 5.02. The molecule has 62 valence electrons. The predicted octanol–water partition coefficient (Wildman–Crippen LogP) is 2.11. The summed E-state index contributed by atoms with van der Waals surface area (Å²) in [6.07, 6.45) is 0. The lowest BCUT2D eigenvalue weighted by Gasteiger charge is -2.20. The summed E-state index contributed by atoms with van der Waals surface area (Å²) >= 11 is 1.98. The van der Waals surface area contributed by atoms with Gasteiger partial charge in [-0.3, -0.25) is 0 Å². The second-order valence-electron chi connectivity index (χ2n) is 3.20. The van der Waals surface area contributed by atoms with Crippen LogP contribution in [0.2, 0.25) is 0 Å². The third-order valence-electron chi connectivity index (χ3n) is 1.42. The number of thioether (sulfide) groups is 1. The van der Waals surface area contributed by atoms with E-state index in [4.69, 9.17) is 5.73 Å². The molecule has 0 amide bonds. The zero-order valence-corrected chi connectivity index (χ0v) is 8.24. The summed E-state index contributed by atoms with van der Waals surface area (Å²) in [5.41, 5.74) is 5.60. The van der Waals surface area contributed by atoms with Gasteiger partial charge in [-0.25, -0.2) is 0 Å². The van der Waals surface area contributed by atoms with Crippen molar-refractivity contribution in [3.05, 3.63) is 0 Å². The van der Waals surface area contributed by atoms with E-state index in [1.807, 2.05) is 11.8 Å². The summed E-state index contributed by atoms with van der Waals surface area (Å²) in [6, 6.07) is 0. The van der Waals surface area contributed by atoms with E-state index >= 15 is 0 Å². The third kappa shape index (κ3) is 4.18. The Labute approximate surface area is 68.8 Å². The van der Waals surface area contributed by atoms with Crippen LogP contribution < -0.4 is 5.73 Å². The molecule has 10 heavy (non-hydrogen) atoms. The Morgan fingerprint density at radius 2 is 1.70 bits per heavy atom. The lowest BCUT2D eigenvalue weighted by atomic mass is 10.1. The molecule has 1 unspecified atom stereocenters. The first-order chi connectivity index (χ1) is 4.57. The van der Waals surface area contributed by atoms with Crippen LogP contribution in [0.15, 0.2) is 0 Å². The maximum Gasteiger partial charge on any atom is 0.0195 e. The van der Waals surface area contributed by atoms with Gasteiger partial charge in [0.1, 0.15) is 0 Å². The van der Waals surface area contributed by atoms with Crippen molar-refractivity contribution in [3.8, 4) is 0 Å². The minimum absolute atomic E-state index is 0.639. The van der Waals surface area contributed by atoms with Crippen molar-refractivity contribution in [2.24, 2.45) is 11.7 Å². The van der Waals surface area contributed by atoms with Crippen LogP contribution in [-0.2, 0) is 0 Å². The fraction of sp³-hybridized carbons (Fsp3) is 1.00. The van der Waals surface area contributed by atoms with Crippen LogP contribution in [0.25, 0.3) is 0 Å². The fourth-order valence-corrected chi connectivity index (χ4v) is 1.96. The van der Waals surface area contributed by atoms with Crippen LogP contribution in [0.3, 0.4) is 0 Å². The number of nitrogens with two attached hydrogens (primary N) is 1. The molecule has 2 heteroatoms. The molecule has 0 aromatic heterocycles. The van der Waals surface area contributed by atoms with E-state index in [9.17, 15) is 0 Å². The second kappa shape index (κ2) is 5.03. The summed E-state index contributed by atoms with van der Waals surface area (Å²) in [4.78, 5) is 0. The van der Waals surface area contributed by atoms with Gasteiger partial charge in [-0.05, 0) is 11.2 Å². The van der Waals surface area contributed by atoms with Gasteiger partial charge in [-0.1, -0.05) is 27.7 Å². The average Bonchev–Trinajstić information content (AvgIpc) is 1.81. The smallest absolute Gasteiger partial charge is 0.0195 e. The van der Waals surface area contributed by atoms with E-state index in [1.54, 1.807) is 0 Å². The highest BCUT2D eigenvalue weighted by Gasteiger charge is 2.12. The van der Waals surface area contributed by atoms with Crippen molar-refractivity contribution in [3.63, 3.8) is 0 Å². The van der Waals surface area contributed by atoms with Gasteiger partial charge in [-0.15, -0.1) is 0 Å². The van der Waals surface area contributed by atoms with Crippen molar-refractivity contribution in [1.82, 2.24) is 0 Å². The molecule has 1 atom stereocenters. The van der Waals surface area contributed by atoms with Crippen molar-refractivity contribution >= 4 is 11.8 Å². The van der Waals surface area contributed by atoms with Crippen LogP contribution >= 0.6 is 11.8 Å². The Balaban J connectivity index is 3.60. The normalized spacial score (nSPS) is 14.7. The molecular formula is C8H19NS. The molecule has 0 fully saturated rings. The highest BCUT2D eigenvalue weighted by Crippen LogP contribution is 2.22. The van der Waals surface area contributed by atoms with Gasteiger partial charge in [0, 0.05) is 11.8 Å². The molecule has 0 aliphatic carbocycles. The van der Waals surface area contributed by atoms with E-state index < -0.39 is 0 Å². The third-order valence-corrected chi connectivity index (χ3v) is 3.05. The van der Waals surface area contributed by atoms with Crippen LogP contribution in [0.1, 0.15) is 27.7 Å². The molecule has 0 aliphatic heterocycles. The first-order valence-electron chi connectivity index (χ1n) is 3.93. The Hall–Kier alpha value is 0.310. The molecular weight excluding hydrogens is 142 g/mol. The zero-order chi connectivity index (χ0) is 8.15. The van der Waals surface area contributed by atoms with Gasteiger partial charge in [0.25, 0.3) is 0 Å². The molecule has 0 bridgehead atoms. The summed E-state index contributed by atoms with van der Waals surface area (Å²) < 4.78 is 0. The SMILES string of the molecule is CC(C)SC(CN)C(C)C. The lowest BCUT2D eigenvalue weighted by molar-refractivity contribution is 0.611. The molecule has 0 saturated heterocycles. The minimum Gasteiger partial charge on any atom is -0.329 e. The van der Waals surface area contributed by atoms with Gasteiger partial charge < -0.3 is 5.73 Å². The van der Waals surface area contributed by atoms with Crippen molar-refractivity contribution in [2.45, 2.75) is 38.2 Å². The number of rotatable bonds is 4. The quantitative estimate of drug-likeness (QED) is 0.683. The highest BCUT2D eigenvalue weighted by molar-refractivity contribution is 8.00. The van der Waals surface area contributed by atoms with Crippen molar-refractivity contribution in [2.75, 3.05) is 6.54 Å². The Kier molecular flexibility index (Phi) is 5.18. The standard InChI is InChI=1S/C8H19NS/c1-6(2)8(5-9)10-7(3)4/h6-8H,5,9H2,1-4H3. The summed E-state index contributed by atoms with van der Waals surface area (Å²) in [6.45, 7) is 9.70. The predicted molar refractivity (Wildman–Crippen MR) is 50.4 cm³/mol. The van der Waals surface area contributed by atoms with Crippen molar-refractivity contribution in [1.29, 1.82) is 0 Å². The average molecular weight is 161 g/mol. The topological polar surface area (TPSA) is 26.0 Å². The molecule has 1 nitrogen and oxygen atoms in total. The largest absolute Gasteiger partial charge is 0.329 e. The molecule has 0 radical (unpaired) electrons. The first-order valence-corrected chi connectivity index (χ1v) is 4.87. The van der Waals surface area contributed by atoms with Gasteiger partial charge >= 0.3 is 0 Å². The lowest BCUT2D eigenvalue weighted by Crippen LogP contribution is -2.24. The van der Waals surface area contributed by atoms with Crippen LogP contribution in [-0.4, -0.2) is 17.0 Å². The van der Waals surface area contributed by atoms with Crippen LogP contribution in [0.5, 0.6) is 0 Å². The van der Waals surface area contributed by atoms with Crippen LogP contribution in [0.4, 0.5) is 0 Å². The number of hydrogen-bond donors (Lipinski definition) is 1. The van der Waals surface area contributed by atoms with Gasteiger partial charge in [0.15, 0.2) is 0 Å². The molecule has 0 aromatic rings. The van der Waals surface area contributed by atoms with E-state index in [2.05, 4.69) is 27.7 Å². The monoisotopic (exact) mass is 161 g/mol. The maximum atomic E-state index is 5.60. The Morgan fingerprint density at radius 1 is 1.20 bits per heavy atom. The van der Waals surface area contributed by atoms with Crippen LogP contribution in [0, 0.1) is 5.92 Å². The minimum atomic E-state index is 0.639. The Morgan fingerprint density at radius 3 is 1.80 bits per heavy atom. The summed E-state index contributed by atoms with van der Waals surface area (Å²) in [5, 5.41) is 1.34. The molecule has 0 saturated carbocycles. The summed E-state index contributed by atoms with van der Waals surface area (Å²) in [5.74, 6) is 0.706. The molecule has 0 rings (SSSR count). The highest BCUT2D eigenvalue weighted by atomic mass is 32.2. The van der Waals surface area contributed by atoms with Gasteiger partial charge in [-0.2, -0.15) is 11.8 Å². The van der Waals surface area contributed by atoms with E-state index in [0.29, 0.717) is 16.4 Å². The zero-order valence-electron chi connectivity index (χ0n) is 7.42. The van der Waals surface area contributed by atoms with Crippen molar-refractivity contribution < 1.29 is 0 Å². The molecule has 2 N–H and O–H groups in total. The molecule has 0 aliphatic rings. The maximum absolute atomic E-state index is 5.60. The Bertz CT molecular complexity index is 81.3. The molecule has 0 aromatic carbocycles. The van der Waals surface area contributed by atoms with E-state index in [-0.39, 0.29) is 0 Å². The number of hydrogen-bond acceptors (Lipinski definition) is 2. The fourth-order valence-electron chi connectivity index (χ4n) is 0.834. The van der Waals surface area contributed by atoms with Gasteiger partial charge in [0.2, 0.25) is 0 Å². The molecule has 0 heterocycles. The summed E-state index contributed by atoms with van der Waals surface area (Å²) in [7, 11) is 0. The van der Waals surface area contributed by atoms with Gasteiger partial charge in [0.05, 0.1) is 0 Å². The van der Waals surface area contributed by atoms with E-state index in [0.717, 1.165) is 6.54 Å².